The average molecular weight is 251 g/mol. The Morgan fingerprint density at radius 1 is 1.50 bits per heavy atom. The van der Waals surface area contributed by atoms with Gasteiger partial charge in [0.1, 0.15) is 0 Å². The highest BCUT2D eigenvalue weighted by atomic mass is 16.6. The van der Waals surface area contributed by atoms with Gasteiger partial charge in [0.05, 0.1) is 5.60 Å². The van der Waals surface area contributed by atoms with E-state index in [1.54, 1.807) is 0 Å². The summed E-state index contributed by atoms with van der Waals surface area (Å²) in [7, 11) is 0. The van der Waals surface area contributed by atoms with Crippen molar-refractivity contribution in [1.82, 2.24) is 0 Å². The van der Waals surface area contributed by atoms with Crippen LogP contribution >= 0.6 is 0 Å². The number of hydrogen-bond donors (Lipinski definition) is 2. The zero-order valence-corrected chi connectivity index (χ0v) is 11.6. The van der Waals surface area contributed by atoms with E-state index in [0.29, 0.717) is 24.3 Å². The van der Waals surface area contributed by atoms with Crippen LogP contribution in [-0.2, 0) is 4.74 Å². The fourth-order valence-corrected chi connectivity index (χ4v) is 4.59. The van der Waals surface area contributed by atoms with Crippen molar-refractivity contribution in [1.29, 1.82) is 0 Å². The van der Waals surface area contributed by atoms with E-state index in [4.69, 9.17) is 10.5 Å². The lowest BCUT2D eigenvalue weighted by Gasteiger charge is -2.41. The number of hydrogen-bond acceptors (Lipinski definition) is 3. The van der Waals surface area contributed by atoms with Crippen LogP contribution in [0.3, 0.4) is 0 Å². The van der Waals surface area contributed by atoms with Gasteiger partial charge in [-0.2, -0.15) is 0 Å². The number of rotatable bonds is 2. The number of ether oxygens (including phenoxy) is 1. The van der Waals surface area contributed by atoms with Crippen molar-refractivity contribution in [2.45, 2.75) is 51.4 Å². The Kier molecular flexibility index (Phi) is 2.68. The molecule has 2 heterocycles. The maximum Gasteiger partial charge on any atom is 0.189 e. The zero-order valence-electron chi connectivity index (χ0n) is 11.6. The molecule has 5 atom stereocenters. The van der Waals surface area contributed by atoms with E-state index in [1.165, 1.54) is 12.0 Å². The Morgan fingerprint density at radius 3 is 2.83 bits per heavy atom. The van der Waals surface area contributed by atoms with Gasteiger partial charge in [0, 0.05) is 18.4 Å². The molecule has 1 unspecified atom stereocenters. The van der Waals surface area contributed by atoms with Crippen LogP contribution in [0.2, 0.25) is 0 Å². The van der Waals surface area contributed by atoms with Crippen LogP contribution in [0, 0.1) is 23.7 Å². The topological polar surface area (TPSA) is 55.5 Å². The Bertz CT molecular complexity index is 392. The predicted octanol–water partition coefficient (Wildman–Crippen LogP) is 2.05. The van der Waals surface area contributed by atoms with Gasteiger partial charge >= 0.3 is 0 Å². The van der Waals surface area contributed by atoms with E-state index in [1.807, 2.05) is 6.08 Å². The number of aliphatic hydroxyl groups is 1. The molecule has 3 rings (SSSR count). The Morgan fingerprint density at radius 2 is 2.22 bits per heavy atom. The largest absolute Gasteiger partial charge is 0.362 e. The molecule has 102 valence electrons. The van der Waals surface area contributed by atoms with Gasteiger partial charge in [-0.05, 0) is 42.7 Å². The van der Waals surface area contributed by atoms with Crippen molar-refractivity contribution in [3.05, 3.63) is 11.6 Å². The first kappa shape index (κ1) is 12.6. The summed E-state index contributed by atoms with van der Waals surface area (Å²) in [5.41, 5.74) is 6.97. The SMILES string of the molecule is CC(C)[C@@H]1C[C@@]23O[C@@]1(O)C=C(CN)C2CC[C@@H]3C. The third kappa shape index (κ3) is 1.41. The highest BCUT2D eigenvalue weighted by Crippen LogP contribution is 2.61. The molecule has 3 aliphatic rings. The fraction of sp³-hybridized carbons (Fsp3) is 0.867. The van der Waals surface area contributed by atoms with E-state index in [9.17, 15) is 5.11 Å². The molecule has 2 bridgehead atoms. The zero-order chi connectivity index (χ0) is 13.1. The summed E-state index contributed by atoms with van der Waals surface area (Å²) in [5.74, 6) is 0.508. The van der Waals surface area contributed by atoms with Gasteiger partial charge < -0.3 is 15.6 Å². The third-order valence-electron chi connectivity index (χ3n) is 5.62. The summed E-state index contributed by atoms with van der Waals surface area (Å²) in [5, 5.41) is 10.9. The van der Waals surface area contributed by atoms with Gasteiger partial charge in [-0.1, -0.05) is 20.8 Å². The van der Waals surface area contributed by atoms with E-state index < -0.39 is 5.79 Å². The van der Waals surface area contributed by atoms with Crippen molar-refractivity contribution in [2.75, 3.05) is 6.54 Å². The van der Waals surface area contributed by atoms with Crippen LogP contribution in [0.25, 0.3) is 0 Å². The van der Waals surface area contributed by atoms with E-state index in [2.05, 4.69) is 20.8 Å². The van der Waals surface area contributed by atoms with Crippen molar-refractivity contribution < 1.29 is 9.84 Å². The highest BCUT2D eigenvalue weighted by molar-refractivity contribution is 5.29. The molecule has 1 saturated heterocycles. The van der Waals surface area contributed by atoms with E-state index >= 15 is 0 Å². The summed E-state index contributed by atoms with van der Waals surface area (Å²) >= 11 is 0. The van der Waals surface area contributed by atoms with Gasteiger partial charge in [0.2, 0.25) is 0 Å². The first-order chi connectivity index (χ1) is 8.43. The fourth-order valence-electron chi connectivity index (χ4n) is 4.59. The monoisotopic (exact) mass is 251 g/mol. The molecule has 3 nitrogen and oxygen atoms in total. The number of nitrogens with two attached hydrogens (primary N) is 1. The molecule has 0 amide bonds. The Hall–Kier alpha value is -0.380. The van der Waals surface area contributed by atoms with Crippen LogP contribution < -0.4 is 5.73 Å². The minimum atomic E-state index is -1.07. The van der Waals surface area contributed by atoms with Crippen molar-refractivity contribution in [3.63, 3.8) is 0 Å². The molecule has 1 aliphatic carbocycles. The lowest BCUT2D eigenvalue weighted by molar-refractivity contribution is -0.233. The second kappa shape index (κ2) is 3.81. The smallest absolute Gasteiger partial charge is 0.189 e. The summed E-state index contributed by atoms with van der Waals surface area (Å²) < 4.78 is 6.24. The molecule has 0 aromatic carbocycles. The van der Waals surface area contributed by atoms with Crippen LogP contribution in [-0.4, -0.2) is 23.0 Å². The normalized spacial score (nSPS) is 50.6. The molecule has 0 radical (unpaired) electrons. The highest BCUT2D eigenvalue weighted by Gasteiger charge is 2.65. The molecule has 0 aromatic heterocycles. The predicted molar refractivity (Wildman–Crippen MR) is 70.7 cm³/mol. The maximum absolute atomic E-state index is 10.9. The van der Waals surface area contributed by atoms with Gasteiger partial charge in [0.25, 0.3) is 0 Å². The lowest BCUT2D eigenvalue weighted by atomic mass is 9.76. The molecule has 3 N–H and O–H groups in total. The molecule has 18 heavy (non-hydrogen) atoms. The van der Waals surface area contributed by atoms with Crippen LogP contribution in [0.5, 0.6) is 0 Å². The van der Waals surface area contributed by atoms with Crippen LogP contribution in [0.15, 0.2) is 11.6 Å². The minimum absolute atomic E-state index is 0.146. The first-order valence-electron chi connectivity index (χ1n) is 7.27. The molecule has 1 spiro atoms. The minimum Gasteiger partial charge on any atom is -0.362 e. The molecule has 2 aliphatic heterocycles. The summed E-state index contributed by atoms with van der Waals surface area (Å²) in [4.78, 5) is 0. The molecule has 0 aromatic rings. The quantitative estimate of drug-likeness (QED) is 0.739. The third-order valence-corrected chi connectivity index (χ3v) is 5.62. The Labute approximate surface area is 109 Å². The lowest BCUT2D eigenvalue weighted by Crippen LogP contribution is -2.47. The van der Waals surface area contributed by atoms with Gasteiger partial charge in [0.15, 0.2) is 5.79 Å². The van der Waals surface area contributed by atoms with Gasteiger partial charge in [-0.15, -0.1) is 0 Å². The molecular weight excluding hydrogens is 226 g/mol. The standard InChI is InChI=1S/C15H25NO2/c1-9(2)13-7-14-10(3)4-5-12(14)11(8-16)6-15(13,17)18-14/h6,9-10,12-13,17H,4-5,7-8,16H2,1-3H3/t10-,12?,13-,14-,15-/m0/s1. The molecule has 1 saturated carbocycles. The van der Waals surface area contributed by atoms with Gasteiger partial charge in [-0.25, -0.2) is 0 Å². The van der Waals surface area contributed by atoms with Crippen LogP contribution in [0.1, 0.15) is 40.0 Å². The van der Waals surface area contributed by atoms with Crippen molar-refractivity contribution in [2.24, 2.45) is 29.4 Å². The van der Waals surface area contributed by atoms with Crippen molar-refractivity contribution >= 4 is 0 Å². The Balaban J connectivity index is 2.08. The summed E-state index contributed by atoms with van der Waals surface area (Å²) in [6, 6.07) is 0. The van der Waals surface area contributed by atoms with Crippen LogP contribution in [0.4, 0.5) is 0 Å². The number of fused-ring (bicyclic) bond motifs is 1. The maximum atomic E-state index is 10.9. The van der Waals surface area contributed by atoms with E-state index in [-0.39, 0.29) is 11.5 Å². The van der Waals surface area contributed by atoms with Crippen molar-refractivity contribution in [3.8, 4) is 0 Å². The average Bonchev–Trinajstić information content (AvgIpc) is 2.75. The first-order valence-corrected chi connectivity index (χ1v) is 7.27. The van der Waals surface area contributed by atoms with Gasteiger partial charge in [-0.3, -0.25) is 0 Å². The summed E-state index contributed by atoms with van der Waals surface area (Å²) in [6.45, 7) is 7.17. The molecule has 3 heteroatoms. The van der Waals surface area contributed by atoms with E-state index in [0.717, 1.165) is 12.8 Å². The summed E-state index contributed by atoms with van der Waals surface area (Å²) in [6.07, 6.45) is 5.26. The second-order valence-corrected chi connectivity index (χ2v) is 6.82. The molecular formula is C15H25NO2. The second-order valence-electron chi connectivity index (χ2n) is 6.82. The molecule has 2 fully saturated rings.